The molecule has 3 rings (SSSR count). The predicted octanol–water partition coefficient (Wildman–Crippen LogP) is 3.58. The number of carbonyl (C=O) groups excluding carboxylic acids is 1. The SMILES string of the molecule is COc1ccc(CNC(=O)c2cc(B3OC(C)(C)C(C)(C)O3)ccc2Cl)cc1. The molecule has 1 saturated heterocycles. The van der Waals surface area contributed by atoms with E-state index in [1.165, 1.54) is 0 Å². The van der Waals surface area contributed by atoms with Crippen molar-refractivity contribution in [3.8, 4) is 5.75 Å². The van der Waals surface area contributed by atoms with Crippen molar-refractivity contribution in [1.29, 1.82) is 0 Å². The quantitative estimate of drug-likeness (QED) is 0.778. The molecule has 5 nitrogen and oxygen atoms in total. The van der Waals surface area contributed by atoms with E-state index in [4.69, 9.17) is 25.6 Å². The molecule has 0 atom stereocenters. The monoisotopic (exact) mass is 401 g/mol. The molecular formula is C21H25BClNO4. The molecule has 0 bridgehead atoms. The molecule has 0 saturated carbocycles. The molecule has 1 aliphatic rings. The molecule has 1 heterocycles. The van der Waals surface area contributed by atoms with E-state index in [-0.39, 0.29) is 5.91 Å². The third-order valence-corrected chi connectivity index (χ3v) is 5.70. The van der Waals surface area contributed by atoms with Crippen LogP contribution in [0.2, 0.25) is 5.02 Å². The summed E-state index contributed by atoms with van der Waals surface area (Å²) in [6.07, 6.45) is 0. The Hall–Kier alpha value is -2.02. The smallest absolute Gasteiger partial charge is 0.494 e. The molecule has 2 aromatic rings. The zero-order valence-corrected chi connectivity index (χ0v) is 17.6. The summed E-state index contributed by atoms with van der Waals surface area (Å²) in [5.74, 6) is 0.521. The van der Waals surface area contributed by atoms with Crippen molar-refractivity contribution in [2.45, 2.75) is 45.4 Å². The zero-order chi connectivity index (χ0) is 20.5. The number of hydrogen-bond donors (Lipinski definition) is 1. The van der Waals surface area contributed by atoms with Crippen molar-refractivity contribution in [2.24, 2.45) is 0 Å². The number of methoxy groups -OCH3 is 1. The Morgan fingerprint density at radius 3 is 2.25 bits per heavy atom. The second-order valence-electron chi connectivity index (χ2n) is 7.86. The van der Waals surface area contributed by atoms with Gasteiger partial charge in [-0.1, -0.05) is 29.8 Å². The van der Waals surface area contributed by atoms with Gasteiger partial charge in [-0.05, 0) is 63.0 Å². The normalized spacial score (nSPS) is 17.4. The number of halogens is 1. The van der Waals surface area contributed by atoms with Crippen LogP contribution in [0.5, 0.6) is 5.75 Å². The van der Waals surface area contributed by atoms with E-state index in [1.54, 1.807) is 19.2 Å². The van der Waals surface area contributed by atoms with Crippen molar-refractivity contribution in [2.75, 3.05) is 7.11 Å². The van der Waals surface area contributed by atoms with Gasteiger partial charge >= 0.3 is 7.12 Å². The number of benzene rings is 2. The van der Waals surface area contributed by atoms with Crippen LogP contribution in [0.25, 0.3) is 0 Å². The average Bonchev–Trinajstić information content (AvgIpc) is 2.88. The van der Waals surface area contributed by atoms with Gasteiger partial charge in [0.05, 0.1) is 28.9 Å². The summed E-state index contributed by atoms with van der Waals surface area (Å²) in [5, 5.41) is 3.28. The number of ether oxygens (including phenoxy) is 1. The summed E-state index contributed by atoms with van der Waals surface area (Å²) >= 11 is 6.27. The van der Waals surface area contributed by atoms with Crippen molar-refractivity contribution >= 4 is 30.1 Å². The van der Waals surface area contributed by atoms with Crippen LogP contribution >= 0.6 is 11.6 Å². The fraction of sp³-hybridized carbons (Fsp3) is 0.381. The molecule has 0 spiro atoms. The van der Waals surface area contributed by atoms with E-state index in [0.29, 0.717) is 17.1 Å². The van der Waals surface area contributed by atoms with Crippen LogP contribution in [0, 0.1) is 0 Å². The lowest BCUT2D eigenvalue weighted by Crippen LogP contribution is -2.41. The lowest BCUT2D eigenvalue weighted by Gasteiger charge is -2.32. The maximum absolute atomic E-state index is 12.7. The minimum Gasteiger partial charge on any atom is -0.497 e. The number of carbonyl (C=O) groups is 1. The molecule has 1 aliphatic heterocycles. The van der Waals surface area contributed by atoms with E-state index in [1.807, 2.05) is 58.0 Å². The van der Waals surface area contributed by atoms with Crippen LogP contribution < -0.4 is 15.5 Å². The van der Waals surface area contributed by atoms with Crippen molar-refractivity contribution in [1.82, 2.24) is 5.32 Å². The third-order valence-electron chi connectivity index (χ3n) is 5.37. The lowest BCUT2D eigenvalue weighted by atomic mass is 9.78. The van der Waals surface area contributed by atoms with Gasteiger partial charge in [0.2, 0.25) is 0 Å². The minimum atomic E-state index is -0.546. The zero-order valence-electron chi connectivity index (χ0n) is 16.8. The summed E-state index contributed by atoms with van der Waals surface area (Å²) in [6, 6.07) is 12.8. The summed E-state index contributed by atoms with van der Waals surface area (Å²) in [4.78, 5) is 12.7. The highest BCUT2D eigenvalue weighted by molar-refractivity contribution is 6.62. The Labute approximate surface area is 171 Å². The Morgan fingerprint density at radius 2 is 1.68 bits per heavy atom. The van der Waals surface area contributed by atoms with E-state index < -0.39 is 18.3 Å². The van der Waals surface area contributed by atoms with Crippen molar-refractivity contribution in [3.05, 3.63) is 58.6 Å². The molecule has 1 fully saturated rings. The first-order chi connectivity index (χ1) is 13.1. The predicted molar refractivity (Wildman–Crippen MR) is 111 cm³/mol. The molecule has 0 unspecified atom stereocenters. The fourth-order valence-corrected chi connectivity index (χ4v) is 3.07. The van der Waals surface area contributed by atoms with E-state index in [2.05, 4.69) is 5.32 Å². The lowest BCUT2D eigenvalue weighted by molar-refractivity contribution is 0.00578. The number of amides is 1. The molecule has 7 heteroatoms. The summed E-state index contributed by atoms with van der Waals surface area (Å²) in [5.41, 5.74) is 1.22. The topological polar surface area (TPSA) is 56.8 Å². The van der Waals surface area contributed by atoms with E-state index in [0.717, 1.165) is 16.8 Å². The van der Waals surface area contributed by atoms with E-state index >= 15 is 0 Å². The van der Waals surface area contributed by atoms with Crippen LogP contribution in [0.4, 0.5) is 0 Å². The van der Waals surface area contributed by atoms with Crippen LogP contribution in [-0.4, -0.2) is 31.3 Å². The van der Waals surface area contributed by atoms with Gasteiger partial charge in [0.25, 0.3) is 5.91 Å². The fourth-order valence-electron chi connectivity index (χ4n) is 2.86. The Morgan fingerprint density at radius 1 is 1.07 bits per heavy atom. The first-order valence-corrected chi connectivity index (χ1v) is 9.57. The second-order valence-corrected chi connectivity index (χ2v) is 8.27. The molecule has 148 valence electrons. The largest absolute Gasteiger partial charge is 0.497 e. The number of nitrogens with one attached hydrogen (secondary N) is 1. The number of rotatable bonds is 5. The minimum absolute atomic E-state index is 0.251. The van der Waals surface area contributed by atoms with Gasteiger partial charge in [0.15, 0.2) is 0 Å². The van der Waals surface area contributed by atoms with Crippen LogP contribution in [0.15, 0.2) is 42.5 Å². The van der Waals surface area contributed by atoms with Gasteiger partial charge in [0, 0.05) is 6.54 Å². The van der Waals surface area contributed by atoms with Crippen LogP contribution in [0.3, 0.4) is 0 Å². The van der Waals surface area contributed by atoms with Gasteiger partial charge in [-0.25, -0.2) is 0 Å². The Bertz CT molecular complexity index is 851. The Balaban J connectivity index is 1.73. The van der Waals surface area contributed by atoms with Crippen molar-refractivity contribution < 1.29 is 18.8 Å². The van der Waals surface area contributed by atoms with Gasteiger partial charge < -0.3 is 19.4 Å². The molecule has 2 aromatic carbocycles. The highest BCUT2D eigenvalue weighted by Gasteiger charge is 2.51. The molecule has 0 aliphatic carbocycles. The van der Waals surface area contributed by atoms with Crippen LogP contribution in [-0.2, 0) is 15.9 Å². The van der Waals surface area contributed by atoms with Gasteiger partial charge in [0.1, 0.15) is 5.75 Å². The molecule has 1 amide bonds. The van der Waals surface area contributed by atoms with Gasteiger partial charge in [-0.3, -0.25) is 4.79 Å². The molecule has 0 radical (unpaired) electrons. The molecular weight excluding hydrogens is 376 g/mol. The van der Waals surface area contributed by atoms with Crippen LogP contribution in [0.1, 0.15) is 43.6 Å². The second kappa shape index (κ2) is 7.78. The average molecular weight is 402 g/mol. The summed E-state index contributed by atoms with van der Waals surface area (Å²) in [7, 11) is 1.07. The highest BCUT2D eigenvalue weighted by atomic mass is 35.5. The Kier molecular flexibility index (Phi) is 5.75. The van der Waals surface area contributed by atoms with Crippen molar-refractivity contribution in [3.63, 3.8) is 0 Å². The van der Waals surface area contributed by atoms with Gasteiger partial charge in [-0.2, -0.15) is 0 Å². The highest BCUT2D eigenvalue weighted by Crippen LogP contribution is 2.36. The molecule has 0 aromatic heterocycles. The molecule has 1 N–H and O–H groups in total. The first kappa shape index (κ1) is 20.7. The van der Waals surface area contributed by atoms with E-state index in [9.17, 15) is 4.79 Å². The third kappa shape index (κ3) is 4.19. The molecule has 28 heavy (non-hydrogen) atoms. The maximum Gasteiger partial charge on any atom is 0.494 e. The first-order valence-electron chi connectivity index (χ1n) is 9.19. The standard InChI is InChI=1S/C21H25BClNO4/c1-20(2)21(3,4)28-22(27-20)15-8-11-18(23)17(12-15)19(25)24-13-14-6-9-16(26-5)10-7-14/h6-12H,13H2,1-5H3,(H,24,25). The number of hydrogen-bond acceptors (Lipinski definition) is 4. The maximum atomic E-state index is 12.7. The summed E-state index contributed by atoms with van der Waals surface area (Å²) in [6.45, 7) is 8.35. The van der Waals surface area contributed by atoms with Gasteiger partial charge in [-0.15, -0.1) is 0 Å². The summed E-state index contributed by atoms with van der Waals surface area (Å²) < 4.78 is 17.3.